The van der Waals surface area contributed by atoms with Crippen molar-refractivity contribution < 1.29 is 33.7 Å². The van der Waals surface area contributed by atoms with E-state index in [1.165, 1.54) is 13.8 Å². The van der Waals surface area contributed by atoms with Gasteiger partial charge in [-0.05, 0) is 12.8 Å². The zero-order chi connectivity index (χ0) is 18.5. The smallest absolute Gasteiger partial charge is 0.302 e. The van der Waals surface area contributed by atoms with E-state index in [9.17, 15) is 9.59 Å². The van der Waals surface area contributed by atoms with Crippen LogP contribution in [0.25, 0.3) is 0 Å². The minimum absolute atomic E-state index is 0.182. The summed E-state index contributed by atoms with van der Waals surface area (Å²) in [6.07, 6.45) is 4.25. The van der Waals surface area contributed by atoms with Gasteiger partial charge in [-0.25, -0.2) is 0 Å². The molecule has 0 aliphatic heterocycles. The van der Waals surface area contributed by atoms with Gasteiger partial charge in [-0.15, -0.1) is 0 Å². The Morgan fingerprint density at radius 3 is 1.52 bits per heavy atom. The zero-order valence-electron chi connectivity index (χ0n) is 15.1. The van der Waals surface area contributed by atoms with Crippen LogP contribution in [-0.2, 0) is 28.6 Å². The topological polar surface area (TPSA) is 99.1 Å². The second-order valence-electron chi connectivity index (χ2n) is 4.52. The molecule has 7 nitrogen and oxygen atoms in total. The minimum atomic E-state index is -0.833. The molecule has 0 fully saturated rings. The molecule has 0 bridgehead atoms. The van der Waals surface area contributed by atoms with Crippen LogP contribution in [0, 0.1) is 0 Å². The Balaban J connectivity index is -0.000000292. The molecule has 7 heteroatoms. The first-order chi connectivity index (χ1) is 10.8. The second kappa shape index (κ2) is 22.6. The number of hydrogen-bond donors (Lipinski definition) is 1. The number of aliphatic carboxylic acids is 1. The normalized spacial score (nSPS) is 8.74. The molecule has 0 aliphatic rings. The van der Waals surface area contributed by atoms with Gasteiger partial charge in [0.15, 0.2) is 0 Å². The lowest BCUT2D eigenvalue weighted by Crippen LogP contribution is -2.07. The third-order valence-electron chi connectivity index (χ3n) is 1.98. The molecule has 0 unspecified atom stereocenters. The van der Waals surface area contributed by atoms with Gasteiger partial charge in [0.1, 0.15) is 6.61 Å². The Morgan fingerprint density at radius 2 is 1.13 bits per heavy atom. The van der Waals surface area contributed by atoms with Crippen molar-refractivity contribution in [3.05, 3.63) is 0 Å². The summed E-state index contributed by atoms with van der Waals surface area (Å²) in [5.74, 6) is -1.26. The number of rotatable bonds is 9. The highest BCUT2D eigenvalue weighted by Gasteiger charge is 1.91. The second-order valence-corrected chi connectivity index (χ2v) is 4.52. The number of carbonyl (C=O) groups excluding carboxylic acids is 2. The number of ether oxygens (including phenoxy) is 3. The predicted molar refractivity (Wildman–Crippen MR) is 87.2 cm³/mol. The summed E-state index contributed by atoms with van der Waals surface area (Å²) in [7, 11) is 0. The molecule has 0 aromatic heterocycles. The molecule has 0 aromatic rings. The summed E-state index contributed by atoms with van der Waals surface area (Å²) in [6, 6.07) is 0. The summed E-state index contributed by atoms with van der Waals surface area (Å²) < 4.78 is 14.4. The fourth-order valence-corrected chi connectivity index (χ4v) is 0.953. The van der Waals surface area contributed by atoms with E-state index in [0.717, 1.165) is 39.2 Å². The van der Waals surface area contributed by atoms with Gasteiger partial charge >= 0.3 is 11.9 Å². The molecule has 138 valence electrons. The van der Waals surface area contributed by atoms with Gasteiger partial charge in [-0.1, -0.05) is 26.7 Å². The molecule has 0 saturated heterocycles. The molecule has 1 N–H and O–H groups in total. The molecular weight excluding hydrogens is 304 g/mol. The largest absolute Gasteiger partial charge is 0.481 e. The summed E-state index contributed by atoms with van der Waals surface area (Å²) >= 11 is 0. The van der Waals surface area contributed by atoms with Gasteiger partial charge in [0.2, 0.25) is 0 Å². The van der Waals surface area contributed by atoms with Crippen LogP contribution in [-0.4, -0.2) is 49.4 Å². The molecule has 0 saturated carbocycles. The van der Waals surface area contributed by atoms with Crippen molar-refractivity contribution in [3.8, 4) is 0 Å². The van der Waals surface area contributed by atoms with Crippen molar-refractivity contribution in [1.29, 1.82) is 0 Å². The van der Waals surface area contributed by atoms with Gasteiger partial charge in [0.05, 0.1) is 13.2 Å². The SMILES string of the molecule is CC(=O)O.CCCCOC(C)=O.CCCCOCCOC(C)=O. The monoisotopic (exact) mass is 336 g/mol. The van der Waals surface area contributed by atoms with Gasteiger partial charge < -0.3 is 19.3 Å². The van der Waals surface area contributed by atoms with Crippen LogP contribution in [0.15, 0.2) is 0 Å². The highest BCUT2D eigenvalue weighted by atomic mass is 16.6. The van der Waals surface area contributed by atoms with Gasteiger partial charge in [-0.3, -0.25) is 14.4 Å². The number of carboxylic acids is 1. The van der Waals surface area contributed by atoms with Crippen molar-refractivity contribution in [3.63, 3.8) is 0 Å². The van der Waals surface area contributed by atoms with E-state index < -0.39 is 5.97 Å². The highest BCUT2D eigenvalue weighted by Crippen LogP contribution is 1.88. The van der Waals surface area contributed by atoms with Crippen molar-refractivity contribution in [2.45, 2.75) is 60.3 Å². The van der Waals surface area contributed by atoms with Crippen molar-refractivity contribution in [2.24, 2.45) is 0 Å². The van der Waals surface area contributed by atoms with Crippen LogP contribution in [0.3, 0.4) is 0 Å². The van der Waals surface area contributed by atoms with Crippen LogP contribution in [0.1, 0.15) is 60.3 Å². The van der Waals surface area contributed by atoms with Crippen LogP contribution in [0.2, 0.25) is 0 Å². The quantitative estimate of drug-likeness (QED) is 0.510. The molecule has 0 aliphatic carbocycles. The minimum Gasteiger partial charge on any atom is -0.481 e. The number of carboxylic acid groups (broad SMARTS) is 1. The van der Waals surface area contributed by atoms with Gasteiger partial charge in [-0.2, -0.15) is 0 Å². The molecule has 0 radical (unpaired) electrons. The van der Waals surface area contributed by atoms with E-state index in [1.807, 2.05) is 0 Å². The van der Waals surface area contributed by atoms with E-state index in [4.69, 9.17) is 14.6 Å². The van der Waals surface area contributed by atoms with E-state index in [-0.39, 0.29) is 11.9 Å². The average molecular weight is 336 g/mol. The van der Waals surface area contributed by atoms with E-state index >= 15 is 0 Å². The first kappa shape index (κ1) is 26.3. The average Bonchev–Trinajstić information content (AvgIpc) is 2.42. The number of carbonyl (C=O) groups is 3. The molecule has 0 heterocycles. The van der Waals surface area contributed by atoms with Gasteiger partial charge in [0, 0.05) is 27.4 Å². The molecule has 0 rings (SSSR count). The van der Waals surface area contributed by atoms with Gasteiger partial charge in [0.25, 0.3) is 5.97 Å². The number of unbranched alkanes of at least 4 members (excludes halogenated alkanes) is 2. The van der Waals surface area contributed by atoms with Crippen LogP contribution < -0.4 is 0 Å². The van der Waals surface area contributed by atoms with E-state index in [2.05, 4.69) is 23.3 Å². The Labute approximate surface area is 139 Å². The number of hydrogen-bond acceptors (Lipinski definition) is 6. The Morgan fingerprint density at radius 1 is 0.739 bits per heavy atom. The maximum Gasteiger partial charge on any atom is 0.302 e. The lowest BCUT2D eigenvalue weighted by molar-refractivity contribution is -0.143. The fourth-order valence-electron chi connectivity index (χ4n) is 0.953. The van der Waals surface area contributed by atoms with E-state index in [1.54, 1.807) is 0 Å². The number of esters is 2. The maximum atomic E-state index is 10.3. The Hall–Kier alpha value is -1.63. The van der Waals surface area contributed by atoms with E-state index in [0.29, 0.717) is 19.8 Å². The van der Waals surface area contributed by atoms with Crippen LogP contribution in [0.4, 0.5) is 0 Å². The highest BCUT2D eigenvalue weighted by molar-refractivity contribution is 5.66. The zero-order valence-corrected chi connectivity index (χ0v) is 15.1. The predicted octanol–water partition coefficient (Wildman–Crippen LogP) is 2.81. The molecular formula is C16H32O7. The van der Waals surface area contributed by atoms with Crippen molar-refractivity contribution >= 4 is 17.9 Å². The lowest BCUT2D eigenvalue weighted by Gasteiger charge is -2.02. The summed E-state index contributed by atoms with van der Waals surface area (Å²) in [6.45, 7) is 10.3. The first-order valence-corrected chi connectivity index (χ1v) is 7.81. The standard InChI is InChI=1S/C8H16O3.C6H12O2.C2H4O2/c1-3-4-5-10-6-7-11-8(2)9;1-3-4-5-8-6(2)7;1-2(3)4/h3-7H2,1-2H3;3-5H2,1-2H3;1H3,(H,3,4). The summed E-state index contributed by atoms with van der Waals surface area (Å²) in [4.78, 5) is 29.4. The maximum absolute atomic E-state index is 10.3. The molecule has 0 atom stereocenters. The molecule has 0 spiro atoms. The summed E-state index contributed by atoms with van der Waals surface area (Å²) in [5.41, 5.74) is 0. The third-order valence-corrected chi connectivity index (χ3v) is 1.98. The summed E-state index contributed by atoms with van der Waals surface area (Å²) in [5, 5.41) is 7.42. The lowest BCUT2D eigenvalue weighted by atomic mass is 10.4. The first-order valence-electron chi connectivity index (χ1n) is 7.81. The van der Waals surface area contributed by atoms with Crippen LogP contribution >= 0.6 is 0 Å². The molecule has 0 aromatic carbocycles. The Kier molecular flexibility index (Phi) is 25.9. The third kappa shape index (κ3) is 53.2. The fraction of sp³-hybridized carbons (Fsp3) is 0.812. The van der Waals surface area contributed by atoms with Crippen LogP contribution in [0.5, 0.6) is 0 Å². The van der Waals surface area contributed by atoms with Crippen molar-refractivity contribution in [1.82, 2.24) is 0 Å². The molecule has 0 amide bonds. The molecule has 23 heavy (non-hydrogen) atoms. The van der Waals surface area contributed by atoms with Crippen molar-refractivity contribution in [2.75, 3.05) is 26.4 Å². The Bertz CT molecular complexity index is 286.